The summed E-state index contributed by atoms with van der Waals surface area (Å²) in [5.41, 5.74) is 3.76. The lowest BCUT2D eigenvalue weighted by molar-refractivity contribution is -0.128. The zero-order valence-electron chi connectivity index (χ0n) is 17.8. The van der Waals surface area contributed by atoms with E-state index >= 15 is 0 Å². The molecule has 2 unspecified atom stereocenters. The lowest BCUT2D eigenvalue weighted by Gasteiger charge is -2.24. The summed E-state index contributed by atoms with van der Waals surface area (Å²) >= 11 is 7.59. The molecular formula is C26H25ClN2O2S. The van der Waals surface area contributed by atoms with Crippen molar-refractivity contribution in [3.8, 4) is 0 Å². The normalized spacial score (nSPS) is 16.8. The number of nitrogens with zero attached hydrogens (tertiary/aromatic N) is 1. The summed E-state index contributed by atoms with van der Waals surface area (Å²) < 4.78 is 0. The molecule has 1 N–H and O–H groups in total. The Balaban J connectivity index is 1.45. The van der Waals surface area contributed by atoms with E-state index in [9.17, 15) is 9.59 Å². The van der Waals surface area contributed by atoms with Crippen LogP contribution in [0.25, 0.3) is 0 Å². The average Bonchev–Trinajstić information content (AvgIpc) is 3.19. The van der Waals surface area contributed by atoms with Gasteiger partial charge < -0.3 is 10.2 Å². The van der Waals surface area contributed by atoms with Crippen LogP contribution >= 0.6 is 23.4 Å². The van der Waals surface area contributed by atoms with E-state index in [0.717, 1.165) is 23.1 Å². The van der Waals surface area contributed by atoms with Gasteiger partial charge >= 0.3 is 0 Å². The summed E-state index contributed by atoms with van der Waals surface area (Å²) in [5.74, 6) is 0.473. The fourth-order valence-corrected chi connectivity index (χ4v) is 5.15. The van der Waals surface area contributed by atoms with Crippen LogP contribution in [0, 0.1) is 0 Å². The van der Waals surface area contributed by atoms with Gasteiger partial charge in [0.25, 0.3) is 5.91 Å². The fourth-order valence-electron chi connectivity index (χ4n) is 3.83. The molecule has 0 saturated carbocycles. The van der Waals surface area contributed by atoms with Gasteiger partial charge in [0.1, 0.15) is 5.37 Å². The van der Waals surface area contributed by atoms with Gasteiger partial charge in [0.15, 0.2) is 0 Å². The maximum absolute atomic E-state index is 12.8. The van der Waals surface area contributed by atoms with Crippen LogP contribution in [0.15, 0.2) is 78.9 Å². The van der Waals surface area contributed by atoms with Crippen LogP contribution in [0.3, 0.4) is 0 Å². The minimum absolute atomic E-state index is 0.0266. The Morgan fingerprint density at radius 1 is 1.06 bits per heavy atom. The van der Waals surface area contributed by atoms with Gasteiger partial charge in [0, 0.05) is 17.1 Å². The minimum Gasteiger partial charge on any atom is -0.345 e. The van der Waals surface area contributed by atoms with Crippen molar-refractivity contribution in [2.45, 2.75) is 31.3 Å². The number of carbonyl (C=O) groups excluding carboxylic acids is 2. The minimum atomic E-state index is -0.0968. The van der Waals surface area contributed by atoms with Crippen molar-refractivity contribution in [1.29, 1.82) is 0 Å². The number of rotatable bonds is 7. The molecule has 3 aromatic carbocycles. The summed E-state index contributed by atoms with van der Waals surface area (Å²) in [4.78, 5) is 27.2. The third kappa shape index (κ3) is 5.17. The Morgan fingerprint density at radius 3 is 2.41 bits per heavy atom. The second-order valence-electron chi connectivity index (χ2n) is 7.78. The first-order valence-electron chi connectivity index (χ1n) is 10.7. The van der Waals surface area contributed by atoms with Gasteiger partial charge in [-0.3, -0.25) is 9.59 Å². The molecule has 0 bridgehead atoms. The number of halogens is 1. The molecule has 2 amide bonds. The van der Waals surface area contributed by atoms with Crippen molar-refractivity contribution in [3.05, 3.63) is 106 Å². The predicted octanol–water partition coefficient (Wildman–Crippen LogP) is 6.00. The predicted molar refractivity (Wildman–Crippen MR) is 131 cm³/mol. The van der Waals surface area contributed by atoms with Crippen molar-refractivity contribution >= 4 is 35.2 Å². The second kappa shape index (κ2) is 10.2. The molecule has 4 nitrogen and oxygen atoms in total. The van der Waals surface area contributed by atoms with Crippen molar-refractivity contribution in [2.75, 3.05) is 5.75 Å². The Morgan fingerprint density at radius 2 is 1.75 bits per heavy atom. The van der Waals surface area contributed by atoms with E-state index in [0.29, 0.717) is 22.9 Å². The monoisotopic (exact) mass is 464 g/mol. The van der Waals surface area contributed by atoms with Crippen LogP contribution in [0.1, 0.15) is 51.8 Å². The van der Waals surface area contributed by atoms with Crippen molar-refractivity contribution in [1.82, 2.24) is 10.2 Å². The van der Waals surface area contributed by atoms with Crippen molar-refractivity contribution in [3.63, 3.8) is 0 Å². The molecule has 0 aromatic heterocycles. The third-order valence-electron chi connectivity index (χ3n) is 5.61. The molecule has 1 heterocycles. The highest BCUT2D eigenvalue weighted by Crippen LogP contribution is 2.39. The van der Waals surface area contributed by atoms with E-state index in [2.05, 4.69) is 12.2 Å². The van der Waals surface area contributed by atoms with Crippen LogP contribution < -0.4 is 5.32 Å². The summed E-state index contributed by atoms with van der Waals surface area (Å²) in [7, 11) is 0. The maximum Gasteiger partial charge on any atom is 0.251 e. The standard InChI is InChI=1S/C26H25ClN2O2S/c1-2-23(19-6-4-3-5-7-19)28-25(31)20-10-12-21(13-11-20)26-29(24(30)17-32-26)16-18-8-14-22(27)15-9-18/h3-15,23,26H,2,16-17H2,1H3,(H,28,31). The van der Waals surface area contributed by atoms with Crippen molar-refractivity contribution in [2.24, 2.45) is 0 Å². The van der Waals surface area contributed by atoms with Gasteiger partial charge in [-0.05, 0) is 47.4 Å². The number of carbonyl (C=O) groups is 2. The van der Waals surface area contributed by atoms with Crippen LogP contribution in [-0.4, -0.2) is 22.5 Å². The van der Waals surface area contributed by atoms with E-state index in [1.54, 1.807) is 11.8 Å². The zero-order chi connectivity index (χ0) is 22.5. The Hall–Kier alpha value is -2.76. The summed E-state index contributed by atoms with van der Waals surface area (Å²) in [6.45, 7) is 2.59. The molecule has 6 heteroatoms. The van der Waals surface area contributed by atoms with Gasteiger partial charge in [-0.2, -0.15) is 0 Å². The van der Waals surface area contributed by atoms with Crippen LogP contribution in [0.5, 0.6) is 0 Å². The molecule has 1 aliphatic heterocycles. The average molecular weight is 465 g/mol. The molecule has 1 aliphatic rings. The van der Waals surface area contributed by atoms with Crippen LogP contribution in [-0.2, 0) is 11.3 Å². The smallest absolute Gasteiger partial charge is 0.251 e. The van der Waals surface area contributed by atoms with Gasteiger partial charge in [0.05, 0.1) is 11.8 Å². The number of nitrogens with one attached hydrogen (secondary N) is 1. The van der Waals surface area contributed by atoms with Crippen LogP contribution in [0.4, 0.5) is 0 Å². The molecule has 164 valence electrons. The Labute approximate surface area is 198 Å². The van der Waals surface area contributed by atoms with Gasteiger partial charge in [-0.25, -0.2) is 0 Å². The van der Waals surface area contributed by atoms with Gasteiger partial charge in [0.2, 0.25) is 5.91 Å². The molecule has 1 saturated heterocycles. The highest BCUT2D eigenvalue weighted by molar-refractivity contribution is 8.00. The Bertz CT molecular complexity index is 1070. The SMILES string of the molecule is CCC(NC(=O)c1ccc(C2SCC(=O)N2Cc2ccc(Cl)cc2)cc1)c1ccccc1. The molecule has 4 rings (SSSR count). The molecule has 3 aromatic rings. The first kappa shape index (κ1) is 22.4. The number of benzene rings is 3. The first-order valence-corrected chi connectivity index (χ1v) is 12.1. The molecule has 32 heavy (non-hydrogen) atoms. The van der Waals surface area contributed by atoms with Gasteiger partial charge in [-0.1, -0.05) is 73.1 Å². The van der Waals surface area contributed by atoms with Crippen LogP contribution in [0.2, 0.25) is 5.02 Å². The first-order chi connectivity index (χ1) is 15.5. The Kier molecular flexibility index (Phi) is 7.18. The summed E-state index contributed by atoms with van der Waals surface area (Å²) in [6, 6.07) is 25.1. The lowest BCUT2D eigenvalue weighted by atomic mass is 10.0. The van der Waals surface area contributed by atoms with E-state index in [4.69, 9.17) is 11.6 Å². The number of amides is 2. The van der Waals surface area contributed by atoms with Gasteiger partial charge in [-0.15, -0.1) is 11.8 Å². The highest BCUT2D eigenvalue weighted by Gasteiger charge is 2.32. The molecule has 1 fully saturated rings. The number of hydrogen-bond acceptors (Lipinski definition) is 3. The highest BCUT2D eigenvalue weighted by atomic mass is 35.5. The molecule has 0 aliphatic carbocycles. The topological polar surface area (TPSA) is 49.4 Å². The largest absolute Gasteiger partial charge is 0.345 e. The van der Waals surface area contributed by atoms with E-state index in [1.165, 1.54) is 0 Å². The fraction of sp³-hybridized carbons (Fsp3) is 0.231. The van der Waals surface area contributed by atoms with Crippen molar-refractivity contribution < 1.29 is 9.59 Å². The van der Waals surface area contributed by atoms with E-state index in [1.807, 2.05) is 83.8 Å². The summed E-state index contributed by atoms with van der Waals surface area (Å²) in [6.07, 6.45) is 0.814. The van der Waals surface area contributed by atoms with E-state index in [-0.39, 0.29) is 23.2 Å². The molecule has 0 radical (unpaired) electrons. The van der Waals surface area contributed by atoms with E-state index < -0.39 is 0 Å². The second-order valence-corrected chi connectivity index (χ2v) is 9.28. The zero-order valence-corrected chi connectivity index (χ0v) is 19.4. The quantitative estimate of drug-likeness (QED) is 0.466. The molecule has 2 atom stereocenters. The number of hydrogen-bond donors (Lipinski definition) is 1. The number of thioether (sulfide) groups is 1. The maximum atomic E-state index is 12.8. The third-order valence-corrected chi connectivity index (χ3v) is 7.12. The molecular weight excluding hydrogens is 440 g/mol. The summed E-state index contributed by atoms with van der Waals surface area (Å²) in [5, 5.41) is 3.73. The lowest BCUT2D eigenvalue weighted by Crippen LogP contribution is -2.28. The molecule has 0 spiro atoms.